The number of carbonyl (C=O) groups is 1. The number of nitrogens with zero attached hydrogens (tertiary/aromatic N) is 5. The van der Waals surface area contributed by atoms with Crippen LogP contribution in [-0.2, 0) is 4.79 Å². The molecular weight excluding hydrogens is 398 g/mol. The van der Waals surface area contributed by atoms with Gasteiger partial charge in [-0.05, 0) is 46.8 Å². The quantitative estimate of drug-likeness (QED) is 0.451. The molecule has 0 radical (unpaired) electrons. The lowest BCUT2D eigenvalue weighted by Gasteiger charge is -2.25. The van der Waals surface area contributed by atoms with Gasteiger partial charge in [-0.25, -0.2) is 0 Å². The molecule has 0 bridgehead atoms. The monoisotopic (exact) mass is 417 g/mol. The maximum absolute atomic E-state index is 13.8. The van der Waals surface area contributed by atoms with Gasteiger partial charge in [0.2, 0.25) is 0 Å². The van der Waals surface area contributed by atoms with Crippen molar-refractivity contribution in [2.24, 2.45) is 0 Å². The summed E-state index contributed by atoms with van der Waals surface area (Å²) in [4.78, 5) is 16.9. The normalized spacial score (nSPS) is 16.9. The Bertz CT molecular complexity index is 1150. The molecule has 1 fully saturated rings. The molecule has 4 heterocycles. The first-order valence-electron chi connectivity index (χ1n) is 9.75. The summed E-state index contributed by atoms with van der Waals surface area (Å²) in [7, 11) is 0. The molecular formula is C22H19N5O2S. The third kappa shape index (κ3) is 3.46. The molecule has 0 aliphatic carbocycles. The second-order valence-electron chi connectivity index (χ2n) is 7.00. The van der Waals surface area contributed by atoms with Crippen LogP contribution in [0.3, 0.4) is 0 Å². The SMILES string of the molecule is O=C(/C(=C/c1ccco1)n1nnnc1-c1ccccc1)N1CCCC1c1cccs1. The van der Waals surface area contributed by atoms with E-state index in [9.17, 15) is 4.79 Å². The van der Waals surface area contributed by atoms with Crippen molar-refractivity contribution in [2.75, 3.05) is 6.54 Å². The number of carbonyl (C=O) groups excluding carboxylic acids is 1. The third-order valence-corrected chi connectivity index (χ3v) is 6.13. The Kier molecular flexibility index (Phi) is 4.98. The number of benzene rings is 1. The zero-order chi connectivity index (χ0) is 20.3. The molecule has 5 rings (SSSR count). The maximum Gasteiger partial charge on any atom is 0.273 e. The molecule has 0 N–H and O–H groups in total. The van der Waals surface area contributed by atoms with Crippen molar-refractivity contribution in [1.29, 1.82) is 0 Å². The van der Waals surface area contributed by atoms with Gasteiger partial charge >= 0.3 is 0 Å². The van der Waals surface area contributed by atoms with Crippen LogP contribution in [0.1, 0.15) is 29.5 Å². The van der Waals surface area contributed by atoms with E-state index in [-0.39, 0.29) is 11.9 Å². The molecule has 1 unspecified atom stereocenters. The molecule has 150 valence electrons. The Morgan fingerprint density at radius 1 is 1.13 bits per heavy atom. The van der Waals surface area contributed by atoms with Gasteiger partial charge in [-0.3, -0.25) is 4.79 Å². The number of thiophene rings is 1. The minimum absolute atomic E-state index is 0.0640. The molecule has 1 atom stereocenters. The molecule has 8 heteroatoms. The van der Waals surface area contributed by atoms with Crippen molar-refractivity contribution in [2.45, 2.75) is 18.9 Å². The zero-order valence-corrected chi connectivity index (χ0v) is 16.9. The van der Waals surface area contributed by atoms with Gasteiger partial charge in [0, 0.05) is 23.1 Å². The van der Waals surface area contributed by atoms with Crippen molar-refractivity contribution in [3.63, 3.8) is 0 Å². The van der Waals surface area contributed by atoms with Gasteiger partial charge in [0.25, 0.3) is 5.91 Å². The second kappa shape index (κ2) is 8.08. The molecule has 1 aliphatic rings. The van der Waals surface area contributed by atoms with Crippen LogP contribution in [0, 0.1) is 0 Å². The fourth-order valence-electron chi connectivity index (χ4n) is 3.77. The predicted molar refractivity (Wildman–Crippen MR) is 114 cm³/mol. The van der Waals surface area contributed by atoms with E-state index in [1.54, 1.807) is 35.8 Å². The number of furan rings is 1. The summed E-state index contributed by atoms with van der Waals surface area (Å²) in [5.74, 6) is 0.958. The summed E-state index contributed by atoms with van der Waals surface area (Å²) in [6.07, 6.45) is 5.19. The van der Waals surface area contributed by atoms with E-state index in [4.69, 9.17) is 4.42 Å². The van der Waals surface area contributed by atoms with Crippen molar-refractivity contribution in [3.05, 3.63) is 76.9 Å². The van der Waals surface area contributed by atoms with Crippen LogP contribution in [0.5, 0.6) is 0 Å². The fourth-order valence-corrected chi connectivity index (χ4v) is 4.65. The summed E-state index contributed by atoms with van der Waals surface area (Å²) < 4.78 is 7.00. The molecule has 1 saturated heterocycles. The van der Waals surface area contributed by atoms with Crippen molar-refractivity contribution in [1.82, 2.24) is 25.1 Å². The third-order valence-electron chi connectivity index (χ3n) is 5.16. The lowest BCUT2D eigenvalue weighted by Crippen LogP contribution is -2.32. The number of tetrazole rings is 1. The van der Waals surface area contributed by atoms with Gasteiger partial charge in [-0.2, -0.15) is 4.68 Å². The molecule has 0 saturated carbocycles. The average molecular weight is 417 g/mol. The van der Waals surface area contributed by atoms with Gasteiger partial charge in [0.1, 0.15) is 11.5 Å². The number of rotatable bonds is 5. The highest BCUT2D eigenvalue weighted by Crippen LogP contribution is 2.36. The molecule has 1 amide bonds. The Balaban J connectivity index is 1.58. The maximum atomic E-state index is 13.8. The van der Waals surface area contributed by atoms with E-state index in [1.165, 1.54) is 9.56 Å². The molecule has 3 aromatic heterocycles. The van der Waals surface area contributed by atoms with Crippen molar-refractivity contribution in [3.8, 4) is 11.4 Å². The Labute approximate surface area is 177 Å². The van der Waals surface area contributed by atoms with E-state index in [0.29, 0.717) is 23.8 Å². The van der Waals surface area contributed by atoms with Gasteiger partial charge in [0.15, 0.2) is 5.82 Å². The molecule has 30 heavy (non-hydrogen) atoms. The average Bonchev–Trinajstić information content (AvgIpc) is 3.58. The van der Waals surface area contributed by atoms with Gasteiger partial charge in [-0.15, -0.1) is 16.4 Å². The first-order valence-corrected chi connectivity index (χ1v) is 10.6. The van der Waals surface area contributed by atoms with E-state index >= 15 is 0 Å². The Hall–Kier alpha value is -3.52. The van der Waals surface area contributed by atoms with Crippen LogP contribution in [0.4, 0.5) is 0 Å². The number of hydrogen-bond donors (Lipinski definition) is 0. The number of likely N-dealkylation sites (tertiary alicyclic amines) is 1. The van der Waals surface area contributed by atoms with Crippen LogP contribution in [0.15, 0.2) is 70.7 Å². The predicted octanol–water partition coefficient (Wildman–Crippen LogP) is 4.36. The van der Waals surface area contributed by atoms with Crippen LogP contribution in [0.25, 0.3) is 23.2 Å². The topological polar surface area (TPSA) is 77.0 Å². The highest BCUT2D eigenvalue weighted by atomic mass is 32.1. The highest BCUT2D eigenvalue weighted by Gasteiger charge is 2.34. The zero-order valence-electron chi connectivity index (χ0n) is 16.1. The second-order valence-corrected chi connectivity index (χ2v) is 7.98. The molecule has 4 aromatic rings. The summed E-state index contributed by atoms with van der Waals surface area (Å²) in [6.45, 7) is 0.694. The molecule has 1 aliphatic heterocycles. The number of aromatic nitrogens is 4. The van der Waals surface area contributed by atoms with E-state index in [2.05, 4.69) is 21.6 Å². The first kappa shape index (κ1) is 18.5. The Morgan fingerprint density at radius 2 is 2.03 bits per heavy atom. The smallest absolute Gasteiger partial charge is 0.273 e. The van der Waals surface area contributed by atoms with Crippen molar-refractivity contribution < 1.29 is 9.21 Å². The first-order chi connectivity index (χ1) is 14.8. The van der Waals surface area contributed by atoms with E-state index < -0.39 is 0 Å². The van der Waals surface area contributed by atoms with Crippen LogP contribution in [-0.4, -0.2) is 37.6 Å². The van der Waals surface area contributed by atoms with Gasteiger partial charge in [0.05, 0.1) is 12.3 Å². The molecule has 7 nitrogen and oxygen atoms in total. The lowest BCUT2D eigenvalue weighted by atomic mass is 10.1. The highest BCUT2D eigenvalue weighted by molar-refractivity contribution is 7.10. The fraction of sp³-hybridized carbons (Fsp3) is 0.182. The summed E-state index contributed by atoms with van der Waals surface area (Å²) in [5, 5.41) is 14.2. The number of amides is 1. The summed E-state index contributed by atoms with van der Waals surface area (Å²) >= 11 is 1.68. The van der Waals surface area contributed by atoms with Gasteiger partial charge in [-0.1, -0.05) is 36.4 Å². The summed E-state index contributed by atoms with van der Waals surface area (Å²) in [5.41, 5.74) is 1.19. The van der Waals surface area contributed by atoms with E-state index in [0.717, 1.165) is 18.4 Å². The minimum atomic E-state index is -0.119. The van der Waals surface area contributed by atoms with Crippen LogP contribution in [0.2, 0.25) is 0 Å². The van der Waals surface area contributed by atoms with E-state index in [1.807, 2.05) is 46.7 Å². The van der Waals surface area contributed by atoms with Crippen LogP contribution >= 0.6 is 11.3 Å². The lowest BCUT2D eigenvalue weighted by molar-refractivity contribution is -0.126. The number of hydrogen-bond acceptors (Lipinski definition) is 6. The molecule has 1 aromatic carbocycles. The van der Waals surface area contributed by atoms with Crippen LogP contribution < -0.4 is 0 Å². The largest absolute Gasteiger partial charge is 0.465 e. The van der Waals surface area contributed by atoms with Gasteiger partial charge < -0.3 is 9.32 Å². The van der Waals surface area contributed by atoms with Crippen molar-refractivity contribution >= 4 is 29.0 Å². The minimum Gasteiger partial charge on any atom is -0.465 e. The molecule has 0 spiro atoms. The Morgan fingerprint density at radius 3 is 2.80 bits per heavy atom. The summed E-state index contributed by atoms with van der Waals surface area (Å²) in [6, 6.07) is 17.4. The standard InChI is InChI=1S/C22H19N5O2S/c28-22(26-12-4-10-18(26)20-11-6-14-30-20)19(15-17-9-5-13-29-17)27-21(23-24-25-27)16-7-2-1-3-8-16/h1-3,5-9,11,13-15,18H,4,10,12H2/b19-15-.